The van der Waals surface area contributed by atoms with E-state index in [9.17, 15) is 5.11 Å². The van der Waals surface area contributed by atoms with Gasteiger partial charge in [0.15, 0.2) is 0 Å². The summed E-state index contributed by atoms with van der Waals surface area (Å²) in [5.74, 6) is 0.937. The summed E-state index contributed by atoms with van der Waals surface area (Å²) in [4.78, 5) is 0. The number of nitrogens with zero attached hydrogens (tertiary/aromatic N) is 1. The van der Waals surface area contributed by atoms with Crippen molar-refractivity contribution in [3.05, 3.63) is 28.9 Å². The molecule has 19 heavy (non-hydrogen) atoms. The molecule has 2 saturated carbocycles. The number of fused-ring (bicyclic) bond motifs is 2. The Hall–Kier alpha value is -0.810. The van der Waals surface area contributed by atoms with E-state index in [0.717, 1.165) is 29.3 Å². The summed E-state index contributed by atoms with van der Waals surface area (Å²) in [6.45, 7) is 0. The molecule has 2 fully saturated rings. The third-order valence-electron chi connectivity index (χ3n) is 4.57. The molecular weight excluding hydrogens is 285 g/mol. The third-order valence-corrected chi connectivity index (χ3v) is 4.79. The van der Waals surface area contributed by atoms with Gasteiger partial charge in [0.1, 0.15) is 0 Å². The van der Waals surface area contributed by atoms with Crippen LogP contribution in [0.5, 0.6) is 0 Å². The van der Waals surface area contributed by atoms with Crippen LogP contribution in [-0.4, -0.2) is 21.3 Å². The first-order chi connectivity index (χ1) is 8.58. The zero-order chi connectivity index (χ0) is 12.5. The van der Waals surface area contributed by atoms with E-state index in [2.05, 4.69) is 10.2 Å². The van der Waals surface area contributed by atoms with E-state index in [-0.39, 0.29) is 18.4 Å². The highest BCUT2D eigenvalue weighted by Crippen LogP contribution is 2.59. The normalized spacial score (nSPS) is 36.1. The molecule has 0 amide bonds. The van der Waals surface area contributed by atoms with Crippen molar-refractivity contribution in [1.82, 2.24) is 10.2 Å². The van der Waals surface area contributed by atoms with Crippen molar-refractivity contribution in [2.24, 2.45) is 17.6 Å². The first kappa shape index (κ1) is 13.2. The van der Waals surface area contributed by atoms with Crippen molar-refractivity contribution in [1.29, 1.82) is 0 Å². The molecule has 0 radical (unpaired) electrons. The first-order valence-corrected chi connectivity index (χ1v) is 6.57. The van der Waals surface area contributed by atoms with E-state index >= 15 is 0 Å². The van der Waals surface area contributed by atoms with Crippen LogP contribution in [0.15, 0.2) is 18.3 Å². The Balaban J connectivity index is 0.00000110. The van der Waals surface area contributed by atoms with E-state index in [1.807, 2.05) is 12.1 Å². The van der Waals surface area contributed by atoms with Crippen molar-refractivity contribution >= 4 is 34.9 Å². The smallest absolute Gasteiger partial charge is 0.0910 e. The Morgan fingerprint density at radius 1 is 1.37 bits per heavy atom. The minimum Gasteiger partial charge on any atom is -0.385 e. The predicted molar refractivity (Wildman–Crippen MR) is 76.4 cm³/mol. The van der Waals surface area contributed by atoms with Crippen LogP contribution in [0.2, 0.25) is 5.02 Å². The fourth-order valence-corrected chi connectivity index (χ4v) is 3.75. The van der Waals surface area contributed by atoms with E-state index in [4.69, 9.17) is 17.3 Å². The number of H-pyrrole nitrogens is 1. The van der Waals surface area contributed by atoms with Crippen LogP contribution in [0, 0.1) is 11.8 Å². The highest BCUT2D eigenvalue weighted by atomic mass is 35.5. The van der Waals surface area contributed by atoms with Crippen molar-refractivity contribution in [2.45, 2.75) is 24.5 Å². The van der Waals surface area contributed by atoms with Crippen LogP contribution in [-0.2, 0) is 5.60 Å². The lowest BCUT2D eigenvalue weighted by Crippen LogP contribution is -2.27. The Kier molecular flexibility index (Phi) is 2.84. The van der Waals surface area contributed by atoms with Gasteiger partial charge in [-0.15, -0.1) is 12.4 Å². The van der Waals surface area contributed by atoms with Gasteiger partial charge >= 0.3 is 0 Å². The molecule has 2 aliphatic rings. The molecule has 2 aromatic rings. The zero-order valence-electron chi connectivity index (χ0n) is 10.1. The number of benzene rings is 1. The molecule has 0 bridgehead atoms. The number of nitrogens with one attached hydrogen (secondary N) is 1. The highest BCUT2D eigenvalue weighted by Gasteiger charge is 2.60. The van der Waals surface area contributed by atoms with Gasteiger partial charge in [-0.2, -0.15) is 5.10 Å². The van der Waals surface area contributed by atoms with Crippen molar-refractivity contribution < 1.29 is 5.11 Å². The second kappa shape index (κ2) is 4.09. The van der Waals surface area contributed by atoms with Crippen molar-refractivity contribution in [2.75, 3.05) is 0 Å². The molecule has 0 spiro atoms. The van der Waals surface area contributed by atoms with Crippen LogP contribution in [0.25, 0.3) is 10.9 Å². The van der Waals surface area contributed by atoms with E-state index in [1.54, 1.807) is 6.20 Å². The summed E-state index contributed by atoms with van der Waals surface area (Å²) in [6.07, 6.45) is 3.22. The second-order valence-corrected chi connectivity index (χ2v) is 6.07. The summed E-state index contributed by atoms with van der Waals surface area (Å²) in [6, 6.07) is 3.97. The topological polar surface area (TPSA) is 74.9 Å². The van der Waals surface area contributed by atoms with Gasteiger partial charge in [-0.25, -0.2) is 0 Å². The molecule has 102 valence electrons. The fraction of sp³-hybridized carbons (Fsp3) is 0.462. The summed E-state index contributed by atoms with van der Waals surface area (Å²) < 4.78 is 0. The van der Waals surface area contributed by atoms with Gasteiger partial charge in [-0.05, 0) is 42.4 Å². The maximum absolute atomic E-state index is 10.9. The first-order valence-electron chi connectivity index (χ1n) is 6.19. The molecule has 6 heteroatoms. The van der Waals surface area contributed by atoms with Crippen LogP contribution in [0.4, 0.5) is 0 Å². The molecule has 1 aromatic heterocycles. The molecule has 1 aromatic carbocycles. The highest BCUT2D eigenvalue weighted by molar-refractivity contribution is 6.31. The third kappa shape index (κ3) is 1.78. The number of aromatic amines is 1. The minimum atomic E-state index is -0.793. The Labute approximate surface area is 121 Å². The Morgan fingerprint density at radius 2 is 2.05 bits per heavy atom. The van der Waals surface area contributed by atoms with Gasteiger partial charge in [-0.3, -0.25) is 5.10 Å². The van der Waals surface area contributed by atoms with Crippen LogP contribution >= 0.6 is 24.0 Å². The second-order valence-electron chi connectivity index (χ2n) is 5.63. The number of hydrogen-bond acceptors (Lipinski definition) is 3. The molecule has 0 aliphatic heterocycles. The SMILES string of the molecule is Cl.N[C@H]1[C@H]2C[C@](O)(c3cc(Cl)cc4[nH]ncc34)C[C@@H]12. The summed E-state index contributed by atoms with van der Waals surface area (Å²) >= 11 is 6.11. The standard InChI is InChI=1S/C13H14ClN3O.ClH/c14-6-1-10(9-5-16-17-11(9)2-6)13(18)3-7-8(4-13)12(7)15;/h1-2,5,7-8,12,18H,3-4,15H2,(H,16,17);1H/t7-,8+,12-,13+;. The average molecular weight is 300 g/mol. The van der Waals surface area contributed by atoms with Gasteiger partial charge in [0, 0.05) is 16.5 Å². The predicted octanol–water partition coefficient (Wildman–Crippen LogP) is 2.19. The Morgan fingerprint density at radius 3 is 2.74 bits per heavy atom. The Bertz CT molecular complexity index is 630. The van der Waals surface area contributed by atoms with E-state index in [0.29, 0.717) is 16.9 Å². The molecular formula is C13H15Cl2N3O. The van der Waals surface area contributed by atoms with Gasteiger partial charge in [0.2, 0.25) is 0 Å². The molecule has 1 heterocycles. The summed E-state index contributed by atoms with van der Waals surface area (Å²) in [7, 11) is 0. The van der Waals surface area contributed by atoms with Crippen molar-refractivity contribution in [3.8, 4) is 0 Å². The van der Waals surface area contributed by atoms with Gasteiger partial charge in [0.05, 0.1) is 17.3 Å². The lowest BCUT2D eigenvalue weighted by molar-refractivity contribution is 0.0309. The monoisotopic (exact) mass is 299 g/mol. The molecule has 0 saturated heterocycles. The number of hydrogen-bond donors (Lipinski definition) is 3. The van der Waals surface area contributed by atoms with Gasteiger partial charge < -0.3 is 10.8 Å². The lowest BCUT2D eigenvalue weighted by Gasteiger charge is -2.26. The van der Waals surface area contributed by atoms with Gasteiger partial charge in [0.25, 0.3) is 0 Å². The van der Waals surface area contributed by atoms with Crippen LogP contribution in [0.3, 0.4) is 0 Å². The number of nitrogens with two attached hydrogens (primary N) is 1. The average Bonchev–Trinajstić information content (AvgIpc) is 2.77. The largest absolute Gasteiger partial charge is 0.385 e. The molecule has 4 rings (SSSR count). The molecule has 4 N–H and O–H groups in total. The zero-order valence-corrected chi connectivity index (χ0v) is 11.7. The van der Waals surface area contributed by atoms with Crippen LogP contribution in [0.1, 0.15) is 18.4 Å². The van der Waals surface area contributed by atoms with Crippen molar-refractivity contribution in [3.63, 3.8) is 0 Å². The maximum Gasteiger partial charge on any atom is 0.0910 e. The maximum atomic E-state index is 10.9. The molecule has 2 aliphatic carbocycles. The van der Waals surface area contributed by atoms with E-state index in [1.165, 1.54) is 0 Å². The number of halogens is 2. The molecule has 4 atom stereocenters. The molecule has 4 nitrogen and oxygen atoms in total. The number of aromatic nitrogens is 2. The fourth-order valence-electron chi connectivity index (χ4n) is 3.53. The number of aliphatic hydroxyl groups is 1. The minimum absolute atomic E-state index is 0. The number of rotatable bonds is 1. The van der Waals surface area contributed by atoms with E-state index < -0.39 is 5.60 Å². The quantitative estimate of drug-likeness (QED) is 0.755. The summed E-state index contributed by atoms with van der Waals surface area (Å²) in [5.41, 5.74) is 6.90. The van der Waals surface area contributed by atoms with Gasteiger partial charge in [-0.1, -0.05) is 11.6 Å². The van der Waals surface area contributed by atoms with Crippen LogP contribution < -0.4 is 5.73 Å². The lowest BCUT2D eigenvalue weighted by atomic mass is 9.86. The summed E-state index contributed by atoms with van der Waals surface area (Å²) in [5, 5.41) is 19.4. The molecule has 0 unspecified atom stereocenters.